The van der Waals surface area contributed by atoms with Gasteiger partial charge < -0.3 is 10.1 Å². The zero-order valence-corrected chi connectivity index (χ0v) is 13.1. The molecular formula is C15H15BrClNO. The first-order chi connectivity index (χ1) is 9.15. The summed E-state index contributed by atoms with van der Waals surface area (Å²) < 4.78 is 6.32. The summed E-state index contributed by atoms with van der Waals surface area (Å²) in [6, 6.07) is 13.8. The molecule has 0 aromatic heterocycles. The minimum atomic E-state index is 0.0585. The maximum atomic E-state index is 6.07. The highest BCUT2D eigenvalue weighted by Crippen LogP contribution is 2.32. The van der Waals surface area contributed by atoms with Gasteiger partial charge in [-0.1, -0.05) is 39.7 Å². The summed E-state index contributed by atoms with van der Waals surface area (Å²) in [7, 11) is 3.60. The Morgan fingerprint density at radius 3 is 2.63 bits per heavy atom. The van der Waals surface area contributed by atoms with Crippen molar-refractivity contribution in [3.05, 3.63) is 63.1 Å². The van der Waals surface area contributed by atoms with Crippen molar-refractivity contribution >= 4 is 27.5 Å². The maximum Gasteiger partial charge on any atom is 0.119 e. The van der Waals surface area contributed by atoms with Crippen molar-refractivity contribution in [2.45, 2.75) is 6.04 Å². The number of hydrogen-bond acceptors (Lipinski definition) is 2. The van der Waals surface area contributed by atoms with Crippen LogP contribution < -0.4 is 10.1 Å². The van der Waals surface area contributed by atoms with E-state index in [-0.39, 0.29) is 6.04 Å². The van der Waals surface area contributed by atoms with Crippen molar-refractivity contribution < 1.29 is 4.74 Å². The topological polar surface area (TPSA) is 21.3 Å². The molecular weight excluding hydrogens is 326 g/mol. The molecule has 2 rings (SSSR count). The van der Waals surface area contributed by atoms with Gasteiger partial charge in [-0.2, -0.15) is 0 Å². The van der Waals surface area contributed by atoms with Gasteiger partial charge in [-0.05, 0) is 48.5 Å². The van der Waals surface area contributed by atoms with E-state index in [1.165, 1.54) is 0 Å². The predicted octanol–water partition coefficient (Wildman–Crippen LogP) is 4.42. The molecule has 100 valence electrons. The summed E-state index contributed by atoms with van der Waals surface area (Å²) in [6.07, 6.45) is 0. The van der Waals surface area contributed by atoms with Gasteiger partial charge in [0.2, 0.25) is 0 Å². The van der Waals surface area contributed by atoms with Crippen molar-refractivity contribution in [3.8, 4) is 5.75 Å². The van der Waals surface area contributed by atoms with Crippen molar-refractivity contribution in [1.29, 1.82) is 0 Å². The van der Waals surface area contributed by atoms with Crippen molar-refractivity contribution in [3.63, 3.8) is 0 Å². The molecule has 2 aromatic rings. The summed E-state index contributed by atoms with van der Waals surface area (Å²) in [5.41, 5.74) is 2.23. The Labute approximate surface area is 126 Å². The van der Waals surface area contributed by atoms with Crippen LogP contribution >= 0.6 is 27.5 Å². The minimum Gasteiger partial charge on any atom is -0.497 e. The second-order valence-electron chi connectivity index (χ2n) is 4.16. The third kappa shape index (κ3) is 3.30. The van der Waals surface area contributed by atoms with Gasteiger partial charge in [0.1, 0.15) is 5.75 Å². The second kappa shape index (κ2) is 6.42. The molecule has 0 aliphatic rings. The zero-order chi connectivity index (χ0) is 13.8. The van der Waals surface area contributed by atoms with Crippen molar-refractivity contribution in [1.82, 2.24) is 5.32 Å². The Morgan fingerprint density at radius 2 is 2.00 bits per heavy atom. The molecule has 1 unspecified atom stereocenters. The Morgan fingerprint density at radius 1 is 1.21 bits per heavy atom. The first kappa shape index (κ1) is 14.4. The molecule has 0 aliphatic carbocycles. The van der Waals surface area contributed by atoms with Gasteiger partial charge in [0.05, 0.1) is 13.2 Å². The summed E-state index contributed by atoms with van der Waals surface area (Å²) in [5.74, 6) is 0.834. The number of ether oxygens (including phenoxy) is 1. The molecule has 0 saturated carbocycles. The van der Waals surface area contributed by atoms with E-state index < -0.39 is 0 Å². The number of rotatable bonds is 4. The lowest BCUT2D eigenvalue weighted by Gasteiger charge is -2.19. The largest absolute Gasteiger partial charge is 0.497 e. The van der Waals surface area contributed by atoms with Gasteiger partial charge in [-0.3, -0.25) is 0 Å². The van der Waals surface area contributed by atoms with E-state index in [0.717, 1.165) is 26.4 Å². The summed E-state index contributed by atoms with van der Waals surface area (Å²) in [4.78, 5) is 0. The molecule has 0 amide bonds. The molecule has 0 heterocycles. The average Bonchev–Trinajstić information content (AvgIpc) is 2.42. The van der Waals surface area contributed by atoms with E-state index in [9.17, 15) is 0 Å². The number of benzene rings is 2. The van der Waals surface area contributed by atoms with Crippen LogP contribution in [-0.2, 0) is 0 Å². The van der Waals surface area contributed by atoms with E-state index in [1.54, 1.807) is 7.11 Å². The van der Waals surface area contributed by atoms with Crippen LogP contribution in [0.15, 0.2) is 46.9 Å². The molecule has 1 N–H and O–H groups in total. The van der Waals surface area contributed by atoms with Crippen LogP contribution in [0.25, 0.3) is 0 Å². The summed E-state index contributed by atoms with van der Waals surface area (Å²) in [6.45, 7) is 0. The lowest BCUT2D eigenvalue weighted by Crippen LogP contribution is -2.18. The van der Waals surface area contributed by atoms with Gasteiger partial charge in [0.25, 0.3) is 0 Å². The van der Waals surface area contributed by atoms with Crippen LogP contribution in [0, 0.1) is 0 Å². The molecule has 0 saturated heterocycles. The van der Waals surface area contributed by atoms with E-state index in [4.69, 9.17) is 16.3 Å². The monoisotopic (exact) mass is 339 g/mol. The molecule has 2 aromatic carbocycles. The molecule has 19 heavy (non-hydrogen) atoms. The fraction of sp³-hybridized carbons (Fsp3) is 0.200. The molecule has 0 fully saturated rings. The SMILES string of the molecule is CNC(c1cccc(Cl)c1)c1cc(OC)ccc1Br. The van der Waals surface area contributed by atoms with Crippen LogP contribution in [0.1, 0.15) is 17.2 Å². The van der Waals surface area contributed by atoms with E-state index in [0.29, 0.717) is 0 Å². The number of halogens is 2. The van der Waals surface area contributed by atoms with Gasteiger partial charge >= 0.3 is 0 Å². The van der Waals surface area contributed by atoms with Gasteiger partial charge in [-0.15, -0.1) is 0 Å². The molecule has 1 atom stereocenters. The van der Waals surface area contributed by atoms with Crippen LogP contribution in [-0.4, -0.2) is 14.2 Å². The standard InChI is InChI=1S/C15H15BrClNO/c1-18-15(10-4-3-5-11(17)8-10)13-9-12(19-2)6-7-14(13)16/h3-9,15,18H,1-2H3. The number of hydrogen-bond donors (Lipinski definition) is 1. The molecule has 4 heteroatoms. The van der Waals surface area contributed by atoms with Gasteiger partial charge in [0.15, 0.2) is 0 Å². The zero-order valence-electron chi connectivity index (χ0n) is 10.8. The Bertz CT molecular complexity index is 574. The second-order valence-corrected chi connectivity index (χ2v) is 5.45. The highest BCUT2D eigenvalue weighted by atomic mass is 79.9. The first-order valence-electron chi connectivity index (χ1n) is 5.92. The van der Waals surface area contributed by atoms with Crippen LogP contribution in [0.5, 0.6) is 5.75 Å². The Kier molecular flexibility index (Phi) is 4.86. The lowest BCUT2D eigenvalue weighted by molar-refractivity contribution is 0.413. The van der Waals surface area contributed by atoms with Crippen LogP contribution in [0.3, 0.4) is 0 Å². The normalized spacial score (nSPS) is 12.2. The quantitative estimate of drug-likeness (QED) is 0.889. The minimum absolute atomic E-state index is 0.0585. The number of methoxy groups -OCH3 is 1. The summed E-state index contributed by atoms with van der Waals surface area (Å²) >= 11 is 9.66. The molecule has 2 nitrogen and oxygen atoms in total. The van der Waals surface area contributed by atoms with E-state index in [2.05, 4.69) is 27.3 Å². The third-order valence-electron chi connectivity index (χ3n) is 2.98. The van der Waals surface area contributed by atoms with Crippen molar-refractivity contribution in [2.24, 2.45) is 0 Å². The fourth-order valence-corrected chi connectivity index (χ4v) is 2.73. The van der Waals surface area contributed by atoms with Gasteiger partial charge in [0, 0.05) is 9.50 Å². The molecule has 0 aliphatic heterocycles. The van der Waals surface area contributed by atoms with E-state index >= 15 is 0 Å². The lowest BCUT2D eigenvalue weighted by atomic mass is 9.99. The Hall–Kier alpha value is -1.03. The average molecular weight is 341 g/mol. The maximum absolute atomic E-state index is 6.07. The number of nitrogens with one attached hydrogen (secondary N) is 1. The highest BCUT2D eigenvalue weighted by Gasteiger charge is 2.16. The Balaban J connectivity index is 2.47. The predicted molar refractivity (Wildman–Crippen MR) is 83.0 cm³/mol. The third-order valence-corrected chi connectivity index (χ3v) is 3.94. The first-order valence-corrected chi connectivity index (χ1v) is 7.09. The van der Waals surface area contributed by atoms with Crippen molar-refractivity contribution in [2.75, 3.05) is 14.2 Å². The summed E-state index contributed by atoms with van der Waals surface area (Å²) in [5, 5.41) is 4.04. The molecule has 0 bridgehead atoms. The van der Waals surface area contributed by atoms with Crippen LogP contribution in [0.2, 0.25) is 5.02 Å². The van der Waals surface area contributed by atoms with E-state index in [1.807, 2.05) is 43.4 Å². The fourth-order valence-electron chi connectivity index (χ4n) is 2.06. The van der Waals surface area contributed by atoms with Gasteiger partial charge in [-0.25, -0.2) is 0 Å². The highest BCUT2D eigenvalue weighted by molar-refractivity contribution is 9.10. The smallest absolute Gasteiger partial charge is 0.119 e. The molecule has 0 radical (unpaired) electrons. The molecule has 0 spiro atoms. The van der Waals surface area contributed by atoms with Crippen LogP contribution in [0.4, 0.5) is 0 Å².